The molecule has 0 aliphatic heterocycles. The molecule has 1 aromatic heterocycles. The van der Waals surface area contributed by atoms with Gasteiger partial charge in [-0.15, -0.1) is 0 Å². The summed E-state index contributed by atoms with van der Waals surface area (Å²) in [7, 11) is 1.68. The van der Waals surface area contributed by atoms with Crippen LogP contribution in [0.1, 0.15) is 12.1 Å². The number of ether oxygens (including phenoxy) is 1. The molecule has 0 atom stereocenters. The number of nitro benzene ring substituents is 1. The summed E-state index contributed by atoms with van der Waals surface area (Å²) in [6.45, 7) is 0.318. The lowest BCUT2D eigenvalue weighted by Gasteiger charge is -2.17. The second-order valence-corrected chi connectivity index (χ2v) is 6.75. The van der Waals surface area contributed by atoms with Gasteiger partial charge in [0, 0.05) is 30.9 Å². The van der Waals surface area contributed by atoms with Crippen LogP contribution in [-0.2, 0) is 11.2 Å². The Balaban J connectivity index is 1.43. The number of rotatable bonds is 9. The molecule has 0 radical (unpaired) electrons. The van der Waals surface area contributed by atoms with Gasteiger partial charge < -0.3 is 9.64 Å². The number of carbonyl (C=O) groups is 1. The third kappa shape index (κ3) is 5.63. The van der Waals surface area contributed by atoms with E-state index < -0.39 is 4.92 Å². The first kappa shape index (κ1) is 21.0. The quantitative estimate of drug-likeness (QED) is 0.427. The molecule has 9 heteroatoms. The minimum atomic E-state index is -0.516. The molecule has 0 aliphatic carbocycles. The maximum Gasteiger partial charge on any atom is 0.273 e. The van der Waals surface area contributed by atoms with Crippen molar-refractivity contribution in [3.05, 3.63) is 76.2 Å². The second-order valence-electron chi connectivity index (χ2n) is 6.75. The van der Waals surface area contributed by atoms with Crippen LogP contribution >= 0.6 is 0 Å². The number of benzene rings is 2. The van der Waals surface area contributed by atoms with Gasteiger partial charge in [0.25, 0.3) is 11.6 Å². The summed E-state index contributed by atoms with van der Waals surface area (Å²) < 4.78 is 18.4. The van der Waals surface area contributed by atoms with Crippen molar-refractivity contribution in [2.45, 2.75) is 12.8 Å². The molecule has 3 rings (SSSR count). The van der Waals surface area contributed by atoms with Crippen molar-refractivity contribution in [1.82, 2.24) is 15.1 Å². The molecule has 3 aromatic rings. The summed E-state index contributed by atoms with van der Waals surface area (Å²) in [4.78, 5) is 24.0. The van der Waals surface area contributed by atoms with Crippen molar-refractivity contribution in [2.24, 2.45) is 0 Å². The van der Waals surface area contributed by atoms with E-state index in [0.717, 1.165) is 17.0 Å². The van der Waals surface area contributed by atoms with Gasteiger partial charge in [-0.25, -0.2) is 4.39 Å². The second kappa shape index (κ2) is 9.64. The first-order valence-corrected chi connectivity index (χ1v) is 9.34. The Labute approximate surface area is 172 Å². The minimum absolute atomic E-state index is 0.0899. The van der Waals surface area contributed by atoms with E-state index in [9.17, 15) is 19.3 Å². The number of nitro groups is 1. The van der Waals surface area contributed by atoms with Crippen molar-refractivity contribution in [3.63, 3.8) is 0 Å². The molecule has 0 aliphatic rings. The Kier molecular flexibility index (Phi) is 6.74. The molecular weight excluding hydrogens is 391 g/mol. The standard InChI is InChI=1S/C21H21FN4O4/c1-25(21(27)14-30-19-6-2-5-18(13-19)26(28)29)11-3-4-17-12-20(24-23-17)15-7-9-16(22)10-8-15/h2,5-10,12-13H,3-4,11,14H2,1H3,(H,23,24). The van der Waals surface area contributed by atoms with E-state index in [1.165, 1.54) is 30.3 Å². The molecule has 2 aromatic carbocycles. The first-order valence-electron chi connectivity index (χ1n) is 9.34. The lowest BCUT2D eigenvalue weighted by atomic mass is 10.1. The molecule has 1 N–H and O–H groups in total. The molecular formula is C21H21FN4O4. The molecule has 1 heterocycles. The van der Waals surface area contributed by atoms with Crippen LogP contribution in [0.4, 0.5) is 10.1 Å². The number of aromatic nitrogens is 2. The van der Waals surface area contributed by atoms with E-state index in [0.29, 0.717) is 19.4 Å². The Morgan fingerprint density at radius 2 is 2.00 bits per heavy atom. The summed E-state index contributed by atoms with van der Waals surface area (Å²) in [5.74, 6) is -0.244. The number of hydrogen-bond donors (Lipinski definition) is 1. The molecule has 0 saturated carbocycles. The van der Waals surface area contributed by atoms with Gasteiger partial charge in [-0.2, -0.15) is 5.10 Å². The van der Waals surface area contributed by atoms with Crippen LogP contribution in [0, 0.1) is 15.9 Å². The predicted octanol–water partition coefficient (Wildman–Crippen LogP) is 3.59. The Hall–Kier alpha value is -3.75. The van der Waals surface area contributed by atoms with E-state index in [4.69, 9.17) is 4.74 Å². The number of halogens is 1. The van der Waals surface area contributed by atoms with Gasteiger partial charge in [0.15, 0.2) is 6.61 Å². The molecule has 156 valence electrons. The number of H-pyrrole nitrogens is 1. The van der Waals surface area contributed by atoms with Gasteiger partial charge in [-0.1, -0.05) is 6.07 Å². The zero-order chi connectivity index (χ0) is 21.5. The molecule has 0 saturated heterocycles. The van der Waals surface area contributed by atoms with Crippen molar-refractivity contribution in [2.75, 3.05) is 20.2 Å². The number of carbonyl (C=O) groups excluding carboxylic acids is 1. The van der Waals surface area contributed by atoms with E-state index in [1.54, 1.807) is 30.1 Å². The average Bonchev–Trinajstić information content (AvgIpc) is 3.21. The van der Waals surface area contributed by atoms with E-state index >= 15 is 0 Å². The van der Waals surface area contributed by atoms with Crippen LogP contribution in [0.15, 0.2) is 54.6 Å². The number of hydrogen-bond acceptors (Lipinski definition) is 5. The number of likely N-dealkylation sites (N-methyl/N-ethyl adjacent to an activating group) is 1. The Morgan fingerprint density at radius 1 is 1.23 bits per heavy atom. The highest BCUT2D eigenvalue weighted by molar-refractivity contribution is 5.77. The number of aromatic amines is 1. The molecule has 0 spiro atoms. The number of nitrogens with zero attached hydrogens (tertiary/aromatic N) is 3. The maximum atomic E-state index is 13.0. The topological polar surface area (TPSA) is 101 Å². The van der Waals surface area contributed by atoms with Crippen LogP contribution in [-0.4, -0.2) is 46.1 Å². The molecule has 0 bridgehead atoms. The fourth-order valence-electron chi connectivity index (χ4n) is 2.83. The van der Waals surface area contributed by atoms with Gasteiger partial charge in [-0.05, 0) is 49.2 Å². The smallest absolute Gasteiger partial charge is 0.273 e. The van der Waals surface area contributed by atoms with Crippen LogP contribution in [0.3, 0.4) is 0 Å². The van der Waals surface area contributed by atoms with Crippen molar-refractivity contribution in [1.29, 1.82) is 0 Å². The van der Waals surface area contributed by atoms with Gasteiger partial charge in [0.2, 0.25) is 0 Å². The Bertz CT molecular complexity index is 1020. The lowest BCUT2D eigenvalue weighted by Crippen LogP contribution is -2.32. The van der Waals surface area contributed by atoms with Crippen molar-refractivity contribution >= 4 is 11.6 Å². The van der Waals surface area contributed by atoms with Gasteiger partial charge in [0.05, 0.1) is 16.7 Å². The minimum Gasteiger partial charge on any atom is -0.484 e. The Morgan fingerprint density at radius 3 is 2.73 bits per heavy atom. The number of aryl methyl sites for hydroxylation is 1. The van der Waals surface area contributed by atoms with E-state index in [2.05, 4.69) is 10.2 Å². The summed E-state index contributed by atoms with van der Waals surface area (Å²) >= 11 is 0. The molecule has 1 amide bonds. The van der Waals surface area contributed by atoms with Gasteiger partial charge >= 0.3 is 0 Å². The van der Waals surface area contributed by atoms with Crippen molar-refractivity contribution < 1.29 is 18.8 Å². The van der Waals surface area contributed by atoms with E-state index in [1.807, 2.05) is 6.07 Å². The lowest BCUT2D eigenvalue weighted by molar-refractivity contribution is -0.384. The van der Waals surface area contributed by atoms with Gasteiger partial charge in [-0.3, -0.25) is 20.0 Å². The number of amides is 1. The third-order valence-corrected chi connectivity index (χ3v) is 4.53. The number of non-ortho nitro benzene ring substituents is 1. The largest absolute Gasteiger partial charge is 0.484 e. The monoisotopic (exact) mass is 412 g/mol. The fourth-order valence-corrected chi connectivity index (χ4v) is 2.83. The maximum absolute atomic E-state index is 13.0. The van der Waals surface area contributed by atoms with Crippen LogP contribution in [0.5, 0.6) is 5.75 Å². The zero-order valence-electron chi connectivity index (χ0n) is 16.4. The summed E-state index contributed by atoms with van der Waals surface area (Å²) in [5, 5.41) is 18.0. The highest BCUT2D eigenvalue weighted by atomic mass is 19.1. The average molecular weight is 412 g/mol. The highest BCUT2D eigenvalue weighted by Gasteiger charge is 2.12. The zero-order valence-corrected chi connectivity index (χ0v) is 16.4. The van der Waals surface area contributed by atoms with Crippen LogP contribution in [0.25, 0.3) is 11.3 Å². The predicted molar refractivity (Wildman–Crippen MR) is 109 cm³/mol. The normalized spacial score (nSPS) is 10.6. The summed E-state index contributed by atoms with van der Waals surface area (Å²) in [5.41, 5.74) is 2.39. The first-order chi connectivity index (χ1) is 14.4. The van der Waals surface area contributed by atoms with Gasteiger partial charge in [0.1, 0.15) is 11.6 Å². The SMILES string of the molecule is CN(CCCc1cc(-c2ccc(F)cc2)n[nH]1)C(=O)COc1cccc([N+](=O)[O-])c1. The van der Waals surface area contributed by atoms with Crippen molar-refractivity contribution in [3.8, 4) is 17.0 Å². The third-order valence-electron chi connectivity index (χ3n) is 4.53. The highest BCUT2D eigenvalue weighted by Crippen LogP contribution is 2.20. The molecule has 0 fully saturated rings. The fraction of sp³-hybridized carbons (Fsp3) is 0.238. The molecule has 30 heavy (non-hydrogen) atoms. The summed E-state index contributed by atoms with van der Waals surface area (Å²) in [6.07, 6.45) is 1.40. The molecule has 8 nitrogen and oxygen atoms in total. The summed E-state index contributed by atoms with van der Waals surface area (Å²) in [6, 6.07) is 13.7. The van der Waals surface area contributed by atoms with E-state index in [-0.39, 0.29) is 29.8 Å². The number of nitrogens with one attached hydrogen (secondary N) is 1. The van der Waals surface area contributed by atoms with Crippen LogP contribution < -0.4 is 4.74 Å². The molecule has 0 unspecified atom stereocenters. The van der Waals surface area contributed by atoms with Crippen LogP contribution in [0.2, 0.25) is 0 Å².